The molecule has 3 heterocycles. The predicted molar refractivity (Wildman–Crippen MR) is 109 cm³/mol. The summed E-state index contributed by atoms with van der Waals surface area (Å²) in [6, 6.07) is 10.8. The first-order valence-electron chi connectivity index (χ1n) is 9.27. The van der Waals surface area contributed by atoms with E-state index in [9.17, 15) is 18.0 Å². The highest BCUT2D eigenvalue weighted by Crippen LogP contribution is 2.43. The normalized spacial score (nSPS) is 26.5. The molecule has 6 nitrogen and oxygen atoms in total. The van der Waals surface area contributed by atoms with E-state index in [-0.39, 0.29) is 41.8 Å². The van der Waals surface area contributed by atoms with E-state index in [0.29, 0.717) is 6.42 Å². The molecule has 4 rings (SSSR count). The van der Waals surface area contributed by atoms with Gasteiger partial charge in [0, 0.05) is 23.0 Å². The average molecular weight is 419 g/mol. The maximum atomic E-state index is 13.0. The monoisotopic (exact) mass is 418 g/mol. The van der Waals surface area contributed by atoms with Gasteiger partial charge in [0.1, 0.15) is 0 Å². The number of anilines is 1. The molecule has 2 aliphatic heterocycles. The first-order valence-corrected chi connectivity index (χ1v) is 12.0. The molecule has 1 aromatic heterocycles. The Hall–Kier alpha value is -2.19. The summed E-state index contributed by atoms with van der Waals surface area (Å²) in [5.74, 6) is -0.809. The van der Waals surface area contributed by atoms with Crippen molar-refractivity contribution >= 4 is 38.7 Å². The van der Waals surface area contributed by atoms with Crippen LogP contribution in [0.2, 0.25) is 0 Å². The number of amides is 2. The molecule has 2 amide bonds. The van der Waals surface area contributed by atoms with Gasteiger partial charge in [0.05, 0.1) is 23.5 Å². The van der Waals surface area contributed by atoms with Crippen LogP contribution in [0.5, 0.6) is 0 Å². The first-order chi connectivity index (χ1) is 13.3. The Balaban J connectivity index is 1.62. The van der Waals surface area contributed by atoms with E-state index < -0.39 is 15.8 Å². The molecule has 2 aliphatic rings. The summed E-state index contributed by atoms with van der Waals surface area (Å²) >= 11 is 1.52. The fraction of sp³-hybridized carbons (Fsp3) is 0.400. The average Bonchev–Trinajstić information content (AvgIpc) is 3.35. The van der Waals surface area contributed by atoms with E-state index in [1.807, 2.05) is 48.7 Å². The van der Waals surface area contributed by atoms with Crippen molar-refractivity contribution in [1.82, 2.24) is 5.32 Å². The molecule has 0 saturated carbocycles. The summed E-state index contributed by atoms with van der Waals surface area (Å²) in [6.07, 6.45) is 0.543. The van der Waals surface area contributed by atoms with Crippen molar-refractivity contribution in [3.63, 3.8) is 0 Å². The van der Waals surface area contributed by atoms with Crippen LogP contribution in [0, 0.1) is 12.8 Å². The van der Waals surface area contributed by atoms with Crippen LogP contribution in [0.3, 0.4) is 0 Å². The molecule has 28 heavy (non-hydrogen) atoms. The van der Waals surface area contributed by atoms with Crippen LogP contribution < -0.4 is 10.2 Å². The Kier molecular flexibility index (Phi) is 5.01. The minimum atomic E-state index is -3.08. The lowest BCUT2D eigenvalue weighted by Gasteiger charge is -2.28. The number of nitrogens with one attached hydrogen (secondary N) is 1. The van der Waals surface area contributed by atoms with Crippen molar-refractivity contribution in [2.45, 2.75) is 31.8 Å². The lowest BCUT2D eigenvalue weighted by atomic mass is 9.97. The fourth-order valence-corrected chi connectivity index (χ4v) is 6.54. The third kappa shape index (κ3) is 3.71. The zero-order valence-corrected chi connectivity index (χ0v) is 17.1. The summed E-state index contributed by atoms with van der Waals surface area (Å²) in [6.45, 7) is 1.98. The smallest absolute Gasteiger partial charge is 0.228 e. The van der Waals surface area contributed by atoms with Crippen molar-refractivity contribution in [3.05, 3.63) is 52.2 Å². The predicted octanol–water partition coefficient (Wildman–Crippen LogP) is 2.45. The van der Waals surface area contributed by atoms with Crippen molar-refractivity contribution in [2.24, 2.45) is 5.92 Å². The molecule has 1 aromatic carbocycles. The highest BCUT2D eigenvalue weighted by atomic mass is 32.2. The maximum Gasteiger partial charge on any atom is 0.228 e. The number of hydrogen-bond donors (Lipinski definition) is 1. The van der Waals surface area contributed by atoms with Gasteiger partial charge in [-0.05, 0) is 36.9 Å². The SMILES string of the molecule is Cc1ccc(N2C(=O)CC(C(=O)NC3CCS(=O)(=O)C3)C2c2cccs2)cc1. The summed E-state index contributed by atoms with van der Waals surface area (Å²) in [5, 5.41) is 4.81. The molecule has 8 heteroatoms. The summed E-state index contributed by atoms with van der Waals surface area (Å²) < 4.78 is 23.4. The highest BCUT2D eigenvalue weighted by molar-refractivity contribution is 7.91. The number of hydrogen-bond acceptors (Lipinski definition) is 5. The van der Waals surface area contributed by atoms with E-state index in [1.165, 1.54) is 11.3 Å². The molecule has 148 valence electrons. The van der Waals surface area contributed by atoms with Crippen LogP contribution in [0.25, 0.3) is 0 Å². The minimum absolute atomic E-state index is 0.0231. The van der Waals surface area contributed by atoms with Gasteiger partial charge in [-0.2, -0.15) is 0 Å². The first kappa shape index (κ1) is 19.1. The maximum absolute atomic E-state index is 13.0. The fourth-order valence-electron chi connectivity index (χ4n) is 3.98. The summed E-state index contributed by atoms with van der Waals surface area (Å²) in [7, 11) is -3.08. The van der Waals surface area contributed by atoms with E-state index in [4.69, 9.17) is 0 Å². The molecule has 3 unspecified atom stereocenters. The third-order valence-electron chi connectivity index (χ3n) is 5.38. The molecule has 2 fully saturated rings. The summed E-state index contributed by atoms with van der Waals surface area (Å²) in [4.78, 5) is 28.5. The molecule has 2 aromatic rings. The number of nitrogens with zero attached hydrogens (tertiary/aromatic N) is 1. The Morgan fingerprint density at radius 1 is 1.21 bits per heavy atom. The van der Waals surface area contributed by atoms with Gasteiger partial charge >= 0.3 is 0 Å². The number of aryl methyl sites for hydroxylation is 1. The van der Waals surface area contributed by atoms with Crippen LogP contribution in [0.4, 0.5) is 5.69 Å². The molecule has 0 radical (unpaired) electrons. The number of carbonyl (C=O) groups excluding carboxylic acids is 2. The zero-order valence-electron chi connectivity index (χ0n) is 15.5. The molecule has 3 atom stereocenters. The van der Waals surface area contributed by atoms with E-state index in [2.05, 4.69) is 5.32 Å². The quantitative estimate of drug-likeness (QED) is 0.827. The van der Waals surface area contributed by atoms with Gasteiger partial charge in [-0.3, -0.25) is 9.59 Å². The van der Waals surface area contributed by atoms with Gasteiger partial charge in [0.25, 0.3) is 0 Å². The van der Waals surface area contributed by atoms with Gasteiger partial charge in [-0.1, -0.05) is 23.8 Å². The molecule has 0 bridgehead atoms. The van der Waals surface area contributed by atoms with Crippen LogP contribution in [0.1, 0.15) is 29.3 Å². The number of benzene rings is 1. The van der Waals surface area contributed by atoms with Crippen LogP contribution >= 0.6 is 11.3 Å². The number of thiophene rings is 1. The van der Waals surface area contributed by atoms with E-state index in [1.54, 1.807) is 4.90 Å². The minimum Gasteiger partial charge on any atom is -0.352 e. The zero-order chi connectivity index (χ0) is 19.9. The van der Waals surface area contributed by atoms with E-state index >= 15 is 0 Å². The van der Waals surface area contributed by atoms with Gasteiger partial charge in [-0.25, -0.2) is 8.42 Å². The number of sulfone groups is 1. The standard InChI is InChI=1S/C20H22N2O4S2/c1-13-4-6-15(7-5-13)22-18(23)11-16(19(22)17-3-2-9-27-17)20(24)21-14-8-10-28(25,26)12-14/h2-7,9,14,16,19H,8,10-12H2,1H3,(H,21,24). The Bertz CT molecular complexity index is 984. The summed E-state index contributed by atoms with van der Waals surface area (Å²) in [5.41, 5.74) is 1.87. The largest absolute Gasteiger partial charge is 0.352 e. The van der Waals surface area contributed by atoms with Gasteiger partial charge in [-0.15, -0.1) is 11.3 Å². The van der Waals surface area contributed by atoms with Gasteiger partial charge < -0.3 is 10.2 Å². The molecular formula is C20H22N2O4S2. The highest BCUT2D eigenvalue weighted by Gasteiger charge is 2.46. The molecule has 2 saturated heterocycles. The number of rotatable bonds is 4. The Labute approximate surface area is 168 Å². The van der Waals surface area contributed by atoms with Crippen LogP contribution in [0.15, 0.2) is 41.8 Å². The van der Waals surface area contributed by atoms with Crippen molar-refractivity contribution in [3.8, 4) is 0 Å². The second-order valence-corrected chi connectivity index (χ2v) is 10.7. The van der Waals surface area contributed by atoms with Crippen LogP contribution in [-0.2, 0) is 19.4 Å². The van der Waals surface area contributed by atoms with Crippen molar-refractivity contribution < 1.29 is 18.0 Å². The van der Waals surface area contributed by atoms with Crippen LogP contribution in [-0.4, -0.2) is 37.8 Å². The third-order valence-corrected chi connectivity index (χ3v) is 8.10. The van der Waals surface area contributed by atoms with Gasteiger partial charge in [0.2, 0.25) is 11.8 Å². The van der Waals surface area contributed by atoms with Crippen molar-refractivity contribution in [1.29, 1.82) is 0 Å². The number of carbonyl (C=O) groups is 2. The van der Waals surface area contributed by atoms with Crippen molar-refractivity contribution in [2.75, 3.05) is 16.4 Å². The topological polar surface area (TPSA) is 83.6 Å². The molecule has 0 aliphatic carbocycles. The second kappa shape index (κ2) is 7.33. The lowest BCUT2D eigenvalue weighted by molar-refractivity contribution is -0.127. The Morgan fingerprint density at radius 3 is 2.57 bits per heavy atom. The molecule has 0 spiro atoms. The Morgan fingerprint density at radius 2 is 1.96 bits per heavy atom. The molecule has 1 N–H and O–H groups in total. The second-order valence-electron chi connectivity index (χ2n) is 7.48. The van der Waals surface area contributed by atoms with E-state index in [0.717, 1.165) is 16.1 Å². The molecular weight excluding hydrogens is 396 g/mol. The van der Waals surface area contributed by atoms with Gasteiger partial charge in [0.15, 0.2) is 9.84 Å². The lowest BCUT2D eigenvalue weighted by Crippen LogP contribution is -2.41.